The number of fused-ring (bicyclic) bond motifs is 2. The number of amides is 1. The first kappa shape index (κ1) is 17.0. The third kappa shape index (κ3) is 2.76. The quantitative estimate of drug-likeness (QED) is 0.865. The predicted molar refractivity (Wildman–Crippen MR) is 78.2 cm³/mol. The van der Waals surface area contributed by atoms with Crippen LogP contribution in [0.3, 0.4) is 0 Å². The van der Waals surface area contributed by atoms with Crippen LogP contribution in [0.1, 0.15) is 28.6 Å². The summed E-state index contributed by atoms with van der Waals surface area (Å²) >= 11 is 0. The van der Waals surface area contributed by atoms with Crippen molar-refractivity contribution >= 4 is 17.4 Å². The molecule has 1 aromatic heterocycles. The highest BCUT2D eigenvalue weighted by Crippen LogP contribution is 2.36. The zero-order valence-electron chi connectivity index (χ0n) is 12.8. The van der Waals surface area contributed by atoms with Crippen LogP contribution in [0.25, 0.3) is 0 Å². The summed E-state index contributed by atoms with van der Waals surface area (Å²) in [5, 5.41) is 11.4. The van der Waals surface area contributed by atoms with Crippen LogP contribution >= 0.6 is 0 Å². The van der Waals surface area contributed by atoms with Crippen LogP contribution in [0.4, 0.5) is 18.9 Å². The highest BCUT2D eigenvalue weighted by molar-refractivity contribution is 6.16. The molecule has 1 aliphatic rings. The molecular formula is C16H12F3NO5. The number of benzene rings is 1. The molecule has 0 aliphatic carbocycles. The highest BCUT2D eigenvalue weighted by atomic mass is 19.4. The number of rotatable bonds is 2. The number of carbonyl (C=O) groups excluding carboxylic acids is 2. The molecule has 25 heavy (non-hydrogen) atoms. The first-order valence-electron chi connectivity index (χ1n) is 7.10. The number of hydrogen-bond acceptors (Lipinski definition) is 5. The molecule has 2 N–H and O–H groups in total. The molecule has 0 bridgehead atoms. The van der Waals surface area contributed by atoms with Gasteiger partial charge in [0.1, 0.15) is 12.4 Å². The maximum atomic E-state index is 12.8. The average molecular weight is 355 g/mol. The fraction of sp³-hybridized carbons (Fsp3) is 0.250. The van der Waals surface area contributed by atoms with Crippen molar-refractivity contribution in [3.05, 3.63) is 47.4 Å². The Labute approximate surface area is 139 Å². The zero-order valence-corrected chi connectivity index (χ0v) is 12.8. The van der Waals surface area contributed by atoms with Crippen molar-refractivity contribution in [3.63, 3.8) is 0 Å². The monoisotopic (exact) mass is 355 g/mol. The van der Waals surface area contributed by atoms with Gasteiger partial charge in [-0.1, -0.05) is 6.07 Å². The number of ketones is 1. The van der Waals surface area contributed by atoms with Crippen LogP contribution in [-0.4, -0.2) is 28.6 Å². The van der Waals surface area contributed by atoms with Crippen molar-refractivity contribution in [1.29, 1.82) is 0 Å². The Kier molecular flexibility index (Phi) is 3.83. The number of anilines is 1. The molecule has 1 atom stereocenters. The van der Waals surface area contributed by atoms with Crippen LogP contribution in [0.5, 0.6) is 5.75 Å². The fourth-order valence-electron chi connectivity index (χ4n) is 2.30. The molecule has 0 saturated heterocycles. The summed E-state index contributed by atoms with van der Waals surface area (Å²) in [6, 6.07) is 5.49. The van der Waals surface area contributed by atoms with E-state index in [-0.39, 0.29) is 34.9 Å². The van der Waals surface area contributed by atoms with Crippen LogP contribution in [-0.2, 0) is 11.4 Å². The van der Waals surface area contributed by atoms with Crippen molar-refractivity contribution < 1.29 is 37.0 Å². The third-order valence-corrected chi connectivity index (χ3v) is 3.84. The SMILES string of the molecule is CC(O)(C(=O)Nc1cccc2c1C(=O)c1ccoc1CO2)C(F)(F)F. The van der Waals surface area contributed by atoms with E-state index in [1.807, 2.05) is 5.32 Å². The average Bonchev–Trinajstić information content (AvgIpc) is 2.95. The van der Waals surface area contributed by atoms with Crippen molar-refractivity contribution in [1.82, 2.24) is 0 Å². The lowest BCUT2D eigenvalue weighted by atomic mass is 10.0. The van der Waals surface area contributed by atoms with Gasteiger partial charge >= 0.3 is 6.18 Å². The van der Waals surface area contributed by atoms with E-state index in [9.17, 15) is 27.9 Å². The van der Waals surface area contributed by atoms with Gasteiger partial charge in [0.15, 0.2) is 5.76 Å². The van der Waals surface area contributed by atoms with Gasteiger partial charge in [0.05, 0.1) is 23.1 Å². The Bertz CT molecular complexity index is 854. The molecular weight excluding hydrogens is 343 g/mol. The van der Waals surface area contributed by atoms with Crippen molar-refractivity contribution in [2.24, 2.45) is 0 Å². The molecule has 2 heterocycles. The van der Waals surface area contributed by atoms with E-state index in [2.05, 4.69) is 0 Å². The van der Waals surface area contributed by atoms with Gasteiger partial charge in [-0.25, -0.2) is 0 Å². The molecule has 1 aromatic carbocycles. The first-order valence-corrected chi connectivity index (χ1v) is 7.10. The van der Waals surface area contributed by atoms with E-state index < -0.39 is 23.5 Å². The van der Waals surface area contributed by atoms with Gasteiger partial charge in [-0.05, 0) is 25.1 Å². The van der Waals surface area contributed by atoms with E-state index in [1.54, 1.807) is 0 Å². The number of aliphatic hydroxyl groups is 1. The smallest absolute Gasteiger partial charge is 0.426 e. The highest BCUT2D eigenvalue weighted by Gasteiger charge is 2.56. The van der Waals surface area contributed by atoms with Crippen molar-refractivity contribution in [2.75, 3.05) is 5.32 Å². The lowest BCUT2D eigenvalue weighted by Crippen LogP contribution is -2.52. The van der Waals surface area contributed by atoms with Crippen LogP contribution < -0.4 is 10.1 Å². The number of ether oxygens (including phenoxy) is 1. The van der Waals surface area contributed by atoms with E-state index in [0.717, 1.165) is 0 Å². The van der Waals surface area contributed by atoms with E-state index in [4.69, 9.17) is 9.15 Å². The minimum absolute atomic E-state index is 0.0429. The van der Waals surface area contributed by atoms with Crippen LogP contribution in [0.2, 0.25) is 0 Å². The minimum Gasteiger partial charge on any atom is -0.485 e. The normalized spacial score (nSPS) is 16.1. The largest absolute Gasteiger partial charge is 0.485 e. The zero-order chi connectivity index (χ0) is 18.4. The Morgan fingerprint density at radius 3 is 2.68 bits per heavy atom. The Morgan fingerprint density at radius 1 is 1.28 bits per heavy atom. The molecule has 9 heteroatoms. The predicted octanol–water partition coefficient (Wildman–Crippen LogP) is 2.65. The van der Waals surface area contributed by atoms with E-state index in [0.29, 0.717) is 6.92 Å². The molecule has 1 aliphatic heterocycles. The van der Waals surface area contributed by atoms with Crippen molar-refractivity contribution in [3.8, 4) is 5.75 Å². The minimum atomic E-state index is -5.18. The van der Waals surface area contributed by atoms with Gasteiger partial charge in [-0.2, -0.15) is 13.2 Å². The second-order valence-electron chi connectivity index (χ2n) is 5.58. The summed E-state index contributed by atoms with van der Waals surface area (Å²) in [5.74, 6) is -1.93. The lowest BCUT2D eigenvalue weighted by molar-refractivity contribution is -0.242. The number of alkyl halides is 3. The van der Waals surface area contributed by atoms with Gasteiger partial charge in [-0.15, -0.1) is 0 Å². The summed E-state index contributed by atoms with van der Waals surface area (Å²) in [4.78, 5) is 24.6. The van der Waals surface area contributed by atoms with E-state index in [1.165, 1.54) is 30.5 Å². The number of carbonyl (C=O) groups is 2. The molecule has 1 unspecified atom stereocenters. The number of furan rings is 1. The molecule has 0 spiro atoms. The Balaban J connectivity index is 2.01. The van der Waals surface area contributed by atoms with Gasteiger partial charge < -0.3 is 19.6 Å². The molecule has 0 radical (unpaired) electrons. The van der Waals surface area contributed by atoms with Gasteiger partial charge in [0, 0.05) is 0 Å². The lowest BCUT2D eigenvalue weighted by Gasteiger charge is -2.25. The summed E-state index contributed by atoms with van der Waals surface area (Å²) in [6.45, 7) is 0.287. The molecule has 0 fully saturated rings. The number of nitrogens with one attached hydrogen (secondary N) is 1. The number of hydrogen-bond donors (Lipinski definition) is 2. The summed E-state index contributed by atoms with van der Waals surface area (Å²) in [6.07, 6.45) is -3.90. The van der Waals surface area contributed by atoms with Gasteiger partial charge in [0.2, 0.25) is 11.4 Å². The fourth-order valence-corrected chi connectivity index (χ4v) is 2.30. The summed E-state index contributed by atoms with van der Waals surface area (Å²) < 4.78 is 49.0. The summed E-state index contributed by atoms with van der Waals surface area (Å²) in [7, 11) is 0. The standard InChI is InChI=1S/C16H12F3NO5/c1-15(23,16(17,18)19)14(22)20-9-3-2-4-10-12(9)13(21)8-5-6-24-11(8)7-25-10/h2-6,23H,7H2,1H3,(H,20,22). The molecule has 3 rings (SSSR count). The second kappa shape index (κ2) is 5.62. The van der Waals surface area contributed by atoms with Crippen molar-refractivity contribution in [2.45, 2.75) is 25.3 Å². The number of halogens is 3. The van der Waals surface area contributed by atoms with Gasteiger partial charge in [-0.3, -0.25) is 9.59 Å². The maximum absolute atomic E-state index is 12.8. The molecule has 1 amide bonds. The molecule has 132 valence electrons. The second-order valence-corrected chi connectivity index (χ2v) is 5.58. The molecule has 2 aromatic rings. The topological polar surface area (TPSA) is 88.8 Å². The maximum Gasteiger partial charge on any atom is 0.426 e. The van der Waals surface area contributed by atoms with E-state index >= 15 is 0 Å². The first-order chi connectivity index (χ1) is 11.6. The molecule has 6 nitrogen and oxygen atoms in total. The summed E-state index contributed by atoms with van der Waals surface area (Å²) in [5.41, 5.74) is -3.76. The van der Waals surface area contributed by atoms with Crippen LogP contribution in [0.15, 0.2) is 34.9 Å². The Hall–Kier alpha value is -2.81. The Morgan fingerprint density at radius 2 is 2.00 bits per heavy atom. The van der Waals surface area contributed by atoms with Crippen LogP contribution in [0, 0.1) is 0 Å². The third-order valence-electron chi connectivity index (χ3n) is 3.84. The van der Waals surface area contributed by atoms with Gasteiger partial charge in [0.25, 0.3) is 5.91 Å². The molecule has 0 saturated carbocycles.